The number of fused-ring (bicyclic) bond motifs is 1. The van der Waals surface area contributed by atoms with Crippen LogP contribution in [-0.2, 0) is 49.7 Å². The molecule has 0 aromatic carbocycles. The largest absolute Gasteiger partial charge is 0.492 e. The lowest BCUT2D eigenvalue weighted by atomic mass is 10.1. The molecule has 2 aromatic rings. The Labute approximate surface area is 204 Å². The SMILES string of the molecule is COP(=O)(OC)OP(=O)(OC)OP(=O)(OC)OC[C@H]1O[C@@H](n2cnc3c(N)ncnc32)CC1N=[N+]=[N-]. The molecule has 3 unspecified atom stereocenters. The Balaban J connectivity index is 1.76. The topological polar surface area (TPSA) is 243 Å². The quantitative estimate of drug-likeness (QED) is 0.156. The van der Waals surface area contributed by atoms with Gasteiger partial charge in [0.15, 0.2) is 11.5 Å². The average Bonchev–Trinajstić information content (AvgIpc) is 3.48. The summed E-state index contributed by atoms with van der Waals surface area (Å²) in [4.78, 5) is 15.0. The maximum absolute atomic E-state index is 13.0. The lowest BCUT2D eigenvalue weighted by molar-refractivity contribution is -0.0239. The minimum Gasteiger partial charge on any atom is -0.382 e. The molecular formula is C14H23N8O11P3. The van der Waals surface area contributed by atoms with Gasteiger partial charge in [-0.3, -0.25) is 27.2 Å². The fourth-order valence-electron chi connectivity index (χ4n) is 3.05. The smallest absolute Gasteiger partial charge is 0.382 e. The van der Waals surface area contributed by atoms with E-state index in [1.54, 1.807) is 4.57 Å². The standard InChI is InChI=1S/C14H23N8O11P3/c1-26-34(23,27-2)32-36(25,29-4)33-35(24,28-3)30-6-10-9(20-21-16)5-11(31-10)22-8-19-12-13(15)17-7-18-14(12)22/h7-11H,5-6H2,1-4H3,(H2,15,17,18)/t9?,10-,11-,35?,36?/m1/s1. The zero-order valence-corrected chi connectivity index (χ0v) is 22.0. The number of nitrogen functional groups attached to an aromatic ring is 1. The highest BCUT2D eigenvalue weighted by Crippen LogP contribution is 2.72. The Bertz CT molecular complexity index is 1260. The first kappa shape index (κ1) is 28.6. The first-order valence-electron chi connectivity index (χ1n) is 9.77. The monoisotopic (exact) mass is 572 g/mol. The van der Waals surface area contributed by atoms with Crippen molar-refractivity contribution in [3.63, 3.8) is 0 Å². The van der Waals surface area contributed by atoms with Crippen LogP contribution in [0.2, 0.25) is 0 Å². The summed E-state index contributed by atoms with van der Waals surface area (Å²) in [5.74, 6) is 0.165. The van der Waals surface area contributed by atoms with Crippen molar-refractivity contribution >= 4 is 40.4 Å². The molecule has 2 N–H and O–H groups in total. The molecule has 3 heterocycles. The molecule has 3 rings (SSSR count). The van der Waals surface area contributed by atoms with Crippen LogP contribution in [0.15, 0.2) is 17.8 Å². The number of phosphoric ester groups is 2. The van der Waals surface area contributed by atoms with E-state index in [0.717, 1.165) is 28.4 Å². The lowest BCUT2D eigenvalue weighted by Crippen LogP contribution is -2.25. The summed E-state index contributed by atoms with van der Waals surface area (Å²) >= 11 is 0. The van der Waals surface area contributed by atoms with Crippen LogP contribution in [0.25, 0.3) is 21.6 Å². The molecule has 1 aliphatic rings. The fourth-order valence-corrected chi connectivity index (χ4v) is 7.50. The van der Waals surface area contributed by atoms with E-state index in [1.807, 2.05) is 0 Å². The third-order valence-electron chi connectivity index (χ3n) is 4.79. The predicted molar refractivity (Wildman–Crippen MR) is 120 cm³/mol. The molecule has 1 saturated heterocycles. The summed E-state index contributed by atoms with van der Waals surface area (Å²) in [7, 11) is -10.2. The van der Waals surface area contributed by atoms with E-state index < -0.39 is 48.4 Å². The van der Waals surface area contributed by atoms with Crippen molar-refractivity contribution in [2.24, 2.45) is 5.11 Å². The number of hydrogen-bond donors (Lipinski definition) is 1. The van der Waals surface area contributed by atoms with Gasteiger partial charge in [0.05, 0.1) is 25.1 Å². The van der Waals surface area contributed by atoms with Gasteiger partial charge in [-0.15, -0.1) is 0 Å². The first-order chi connectivity index (χ1) is 17.0. The first-order valence-corrected chi connectivity index (χ1v) is 14.2. The number of hydrogen-bond acceptors (Lipinski definition) is 16. The number of azide groups is 1. The molecule has 200 valence electrons. The van der Waals surface area contributed by atoms with Crippen LogP contribution in [-0.4, -0.2) is 66.7 Å². The van der Waals surface area contributed by atoms with E-state index in [-0.39, 0.29) is 12.2 Å². The fraction of sp³-hybridized carbons (Fsp3) is 0.643. The Morgan fingerprint density at radius 3 is 2.33 bits per heavy atom. The zero-order valence-electron chi connectivity index (χ0n) is 19.3. The van der Waals surface area contributed by atoms with E-state index >= 15 is 0 Å². The summed E-state index contributed by atoms with van der Waals surface area (Å²) < 4.78 is 78.5. The number of nitrogens with two attached hydrogens (primary N) is 1. The lowest BCUT2D eigenvalue weighted by Gasteiger charge is -2.24. The molecule has 0 radical (unpaired) electrons. The number of imidazole rings is 1. The normalized spacial score (nSPS) is 23.7. The molecule has 0 bridgehead atoms. The van der Waals surface area contributed by atoms with Crippen LogP contribution in [0, 0.1) is 0 Å². The van der Waals surface area contributed by atoms with Crippen molar-refractivity contribution in [3.8, 4) is 0 Å². The van der Waals surface area contributed by atoms with Gasteiger partial charge in [0.25, 0.3) is 0 Å². The van der Waals surface area contributed by atoms with Gasteiger partial charge < -0.3 is 10.5 Å². The minimum absolute atomic E-state index is 0.163. The number of ether oxygens (including phenoxy) is 1. The van der Waals surface area contributed by atoms with Crippen molar-refractivity contribution in [1.29, 1.82) is 0 Å². The molecule has 0 spiro atoms. The zero-order chi connectivity index (χ0) is 26.6. The molecule has 2 aromatic heterocycles. The molecule has 0 aliphatic carbocycles. The second-order valence-electron chi connectivity index (χ2n) is 6.75. The summed E-state index contributed by atoms with van der Waals surface area (Å²) in [6.45, 7) is -0.523. The Morgan fingerprint density at radius 1 is 1.08 bits per heavy atom. The molecule has 19 nitrogen and oxygen atoms in total. The van der Waals surface area contributed by atoms with Crippen LogP contribution >= 0.6 is 23.5 Å². The highest BCUT2D eigenvalue weighted by molar-refractivity contribution is 7.67. The second-order valence-corrected chi connectivity index (χ2v) is 12.5. The number of anilines is 1. The van der Waals surface area contributed by atoms with Gasteiger partial charge in [0.2, 0.25) is 0 Å². The molecule has 1 aliphatic heterocycles. The van der Waals surface area contributed by atoms with Gasteiger partial charge in [0.1, 0.15) is 18.1 Å². The maximum atomic E-state index is 13.0. The molecule has 5 atom stereocenters. The second kappa shape index (κ2) is 11.6. The molecule has 1 fully saturated rings. The molecule has 0 saturated carbocycles. The van der Waals surface area contributed by atoms with Crippen LogP contribution < -0.4 is 5.73 Å². The van der Waals surface area contributed by atoms with Crippen molar-refractivity contribution in [3.05, 3.63) is 23.1 Å². The molecule has 22 heteroatoms. The van der Waals surface area contributed by atoms with E-state index in [4.69, 9.17) is 29.4 Å². The summed E-state index contributed by atoms with van der Waals surface area (Å²) in [5.41, 5.74) is 15.5. The summed E-state index contributed by atoms with van der Waals surface area (Å²) in [6, 6.07) is -0.797. The van der Waals surface area contributed by atoms with Crippen LogP contribution in [0.4, 0.5) is 5.82 Å². The van der Waals surface area contributed by atoms with Crippen LogP contribution in [0.3, 0.4) is 0 Å². The van der Waals surface area contributed by atoms with E-state index in [9.17, 15) is 13.7 Å². The Hall–Kier alpha value is -1.97. The number of phosphoric acid groups is 3. The maximum Gasteiger partial charge on any atom is 0.492 e. The van der Waals surface area contributed by atoms with Crippen molar-refractivity contribution in [2.45, 2.75) is 24.8 Å². The van der Waals surface area contributed by atoms with Gasteiger partial charge in [0, 0.05) is 39.8 Å². The number of nitrogens with zero attached hydrogens (tertiary/aromatic N) is 7. The van der Waals surface area contributed by atoms with Crippen LogP contribution in [0.1, 0.15) is 12.6 Å². The predicted octanol–water partition coefficient (Wildman–Crippen LogP) is 3.33. The van der Waals surface area contributed by atoms with Crippen molar-refractivity contribution < 1.29 is 49.7 Å². The van der Waals surface area contributed by atoms with Gasteiger partial charge in [-0.2, -0.15) is 8.62 Å². The van der Waals surface area contributed by atoms with Crippen molar-refractivity contribution in [2.75, 3.05) is 40.8 Å². The Kier molecular flexibility index (Phi) is 9.22. The highest BCUT2D eigenvalue weighted by atomic mass is 31.3. The van der Waals surface area contributed by atoms with E-state index in [0.29, 0.717) is 11.2 Å². The van der Waals surface area contributed by atoms with Gasteiger partial charge in [-0.25, -0.2) is 28.6 Å². The molecule has 0 amide bonds. The minimum atomic E-state index is -4.85. The van der Waals surface area contributed by atoms with Gasteiger partial charge in [-0.05, 0) is 5.53 Å². The summed E-state index contributed by atoms with van der Waals surface area (Å²) in [6.07, 6.45) is 1.15. The third-order valence-corrected chi connectivity index (χ3v) is 10.2. The summed E-state index contributed by atoms with van der Waals surface area (Å²) in [5, 5.41) is 3.69. The van der Waals surface area contributed by atoms with Gasteiger partial charge in [-0.1, -0.05) is 5.11 Å². The molecular weight excluding hydrogens is 549 g/mol. The van der Waals surface area contributed by atoms with Crippen LogP contribution in [0.5, 0.6) is 0 Å². The average molecular weight is 572 g/mol. The van der Waals surface area contributed by atoms with E-state index in [1.165, 1.54) is 12.7 Å². The number of aromatic nitrogens is 4. The van der Waals surface area contributed by atoms with Gasteiger partial charge >= 0.3 is 23.5 Å². The van der Waals surface area contributed by atoms with E-state index in [2.05, 4.69) is 42.9 Å². The van der Waals surface area contributed by atoms with Crippen molar-refractivity contribution in [1.82, 2.24) is 19.5 Å². The highest BCUT2D eigenvalue weighted by Gasteiger charge is 2.47. The molecule has 36 heavy (non-hydrogen) atoms. The Morgan fingerprint density at radius 2 is 1.72 bits per heavy atom. The number of rotatable bonds is 13. The third kappa shape index (κ3) is 6.29.